The number of ether oxygens (including phenoxy) is 1. The molecule has 7 nitrogen and oxygen atoms in total. The lowest BCUT2D eigenvalue weighted by Crippen LogP contribution is -2.38. The van der Waals surface area contributed by atoms with Gasteiger partial charge in [-0.1, -0.05) is 25.0 Å². The number of nitrogens with zero attached hydrogens (tertiary/aromatic N) is 2. The maximum absolute atomic E-state index is 12.2. The van der Waals surface area contributed by atoms with Gasteiger partial charge in [-0.05, 0) is 30.5 Å². The highest BCUT2D eigenvalue weighted by molar-refractivity contribution is 5.73. The van der Waals surface area contributed by atoms with Gasteiger partial charge < -0.3 is 15.4 Å². The van der Waals surface area contributed by atoms with Crippen LogP contribution in [0, 0.1) is 0 Å². The van der Waals surface area contributed by atoms with Gasteiger partial charge in [0.2, 0.25) is 0 Å². The Morgan fingerprint density at radius 2 is 1.96 bits per heavy atom. The number of aromatic nitrogens is 2. The van der Waals surface area contributed by atoms with E-state index in [0.717, 1.165) is 29.8 Å². The number of hydrogen-bond acceptors (Lipinski definition) is 4. The van der Waals surface area contributed by atoms with E-state index in [4.69, 9.17) is 4.74 Å². The van der Waals surface area contributed by atoms with E-state index in [1.165, 1.54) is 17.4 Å². The quantitative estimate of drug-likeness (QED) is 0.784. The molecule has 0 spiro atoms. The Hall–Kier alpha value is -2.83. The van der Waals surface area contributed by atoms with E-state index in [1.807, 2.05) is 24.3 Å². The number of methoxy groups -OCH3 is 1. The van der Waals surface area contributed by atoms with Crippen molar-refractivity contribution in [3.05, 3.63) is 58.3 Å². The lowest BCUT2D eigenvalue weighted by Gasteiger charge is -2.11. The lowest BCUT2D eigenvalue weighted by molar-refractivity contribution is 0.240. The average Bonchev–Trinajstić information content (AvgIpc) is 3.23. The molecule has 0 unspecified atom stereocenters. The van der Waals surface area contributed by atoms with Crippen molar-refractivity contribution in [2.75, 3.05) is 13.7 Å². The normalized spacial score (nSPS) is 14.1. The minimum Gasteiger partial charge on any atom is -0.497 e. The van der Waals surface area contributed by atoms with Gasteiger partial charge in [-0.15, -0.1) is 0 Å². The fraction of sp³-hybridized carbons (Fsp3) is 0.450. The summed E-state index contributed by atoms with van der Waals surface area (Å²) in [4.78, 5) is 28.5. The van der Waals surface area contributed by atoms with Crippen molar-refractivity contribution in [3.63, 3.8) is 0 Å². The molecule has 7 heteroatoms. The zero-order valence-electron chi connectivity index (χ0n) is 15.6. The monoisotopic (exact) mass is 370 g/mol. The lowest BCUT2D eigenvalue weighted by atomic mass is 10.0. The van der Waals surface area contributed by atoms with E-state index >= 15 is 0 Å². The first-order chi connectivity index (χ1) is 13.2. The van der Waals surface area contributed by atoms with Gasteiger partial charge in [0.15, 0.2) is 0 Å². The second-order valence-corrected chi connectivity index (χ2v) is 6.78. The van der Waals surface area contributed by atoms with Crippen LogP contribution in [-0.4, -0.2) is 29.2 Å². The van der Waals surface area contributed by atoms with Gasteiger partial charge in [0.25, 0.3) is 5.56 Å². The van der Waals surface area contributed by atoms with Crippen LogP contribution < -0.4 is 20.9 Å². The molecule has 3 rings (SSSR count). The standard InChI is InChI=1S/C20H26N4O3/c1-27-17-8-6-15(7-9-17)13-22-20(26)21-10-11-24-14-23-18(12-19(24)25)16-4-2-3-5-16/h6-9,12,14,16H,2-5,10-11,13H2,1H3,(H2,21,22,26). The number of carbonyl (C=O) groups is 1. The summed E-state index contributed by atoms with van der Waals surface area (Å²) in [7, 11) is 1.61. The fourth-order valence-corrected chi connectivity index (χ4v) is 3.33. The molecular formula is C20H26N4O3. The van der Waals surface area contributed by atoms with E-state index in [1.54, 1.807) is 19.5 Å². The van der Waals surface area contributed by atoms with Crippen molar-refractivity contribution in [2.45, 2.75) is 44.7 Å². The Labute approximate surface area is 158 Å². The van der Waals surface area contributed by atoms with Crippen molar-refractivity contribution in [1.29, 1.82) is 0 Å². The zero-order chi connectivity index (χ0) is 19.1. The van der Waals surface area contributed by atoms with E-state index < -0.39 is 0 Å². The highest BCUT2D eigenvalue weighted by Crippen LogP contribution is 2.32. The van der Waals surface area contributed by atoms with Gasteiger partial charge >= 0.3 is 6.03 Å². The number of amides is 2. The van der Waals surface area contributed by atoms with Gasteiger partial charge in [-0.25, -0.2) is 9.78 Å². The molecule has 1 aromatic heterocycles. The van der Waals surface area contributed by atoms with Crippen LogP contribution in [0.25, 0.3) is 0 Å². The molecule has 0 radical (unpaired) electrons. The Morgan fingerprint density at radius 1 is 1.22 bits per heavy atom. The van der Waals surface area contributed by atoms with Crippen molar-refractivity contribution in [2.24, 2.45) is 0 Å². The number of benzene rings is 1. The van der Waals surface area contributed by atoms with Crippen LogP contribution in [0.1, 0.15) is 42.9 Å². The maximum atomic E-state index is 12.2. The fourth-order valence-electron chi connectivity index (χ4n) is 3.33. The summed E-state index contributed by atoms with van der Waals surface area (Å²) < 4.78 is 6.63. The number of rotatable bonds is 7. The molecule has 1 heterocycles. The van der Waals surface area contributed by atoms with Crippen LogP contribution in [0.3, 0.4) is 0 Å². The predicted molar refractivity (Wildman–Crippen MR) is 103 cm³/mol. The molecule has 0 saturated heterocycles. The topological polar surface area (TPSA) is 85.2 Å². The number of urea groups is 1. The van der Waals surface area contributed by atoms with E-state index in [2.05, 4.69) is 15.6 Å². The second-order valence-electron chi connectivity index (χ2n) is 6.78. The van der Waals surface area contributed by atoms with Gasteiger partial charge in [-0.2, -0.15) is 0 Å². The molecule has 144 valence electrons. The first-order valence-corrected chi connectivity index (χ1v) is 9.37. The average molecular weight is 370 g/mol. The minimum absolute atomic E-state index is 0.0626. The van der Waals surface area contributed by atoms with Crippen molar-refractivity contribution in [1.82, 2.24) is 20.2 Å². The second kappa shape index (κ2) is 9.21. The van der Waals surface area contributed by atoms with Crippen LogP contribution in [0.2, 0.25) is 0 Å². The van der Waals surface area contributed by atoms with Crippen LogP contribution in [0.15, 0.2) is 41.5 Å². The highest BCUT2D eigenvalue weighted by Gasteiger charge is 2.18. The molecule has 2 aromatic rings. The van der Waals surface area contributed by atoms with Crippen LogP contribution >= 0.6 is 0 Å². The molecule has 1 saturated carbocycles. The Kier molecular flexibility index (Phi) is 6.46. The van der Waals surface area contributed by atoms with Crippen LogP contribution in [0.5, 0.6) is 5.75 Å². The van der Waals surface area contributed by atoms with Crippen molar-refractivity contribution >= 4 is 6.03 Å². The number of hydrogen-bond donors (Lipinski definition) is 2. The van der Waals surface area contributed by atoms with Crippen molar-refractivity contribution in [3.8, 4) is 5.75 Å². The molecule has 1 fully saturated rings. The summed E-state index contributed by atoms with van der Waals surface area (Å²) >= 11 is 0. The zero-order valence-corrected chi connectivity index (χ0v) is 15.6. The Balaban J connectivity index is 1.42. The molecule has 0 atom stereocenters. The molecule has 2 N–H and O–H groups in total. The number of carbonyl (C=O) groups excluding carboxylic acids is 1. The molecule has 0 aliphatic heterocycles. The molecule has 1 aliphatic rings. The van der Waals surface area contributed by atoms with Crippen LogP contribution in [-0.2, 0) is 13.1 Å². The summed E-state index contributed by atoms with van der Waals surface area (Å²) in [6.45, 7) is 1.18. The first kappa shape index (κ1) is 18.9. The van der Waals surface area contributed by atoms with Crippen LogP contribution in [0.4, 0.5) is 4.79 Å². The SMILES string of the molecule is COc1ccc(CNC(=O)NCCn2cnc(C3CCCC3)cc2=O)cc1. The molecule has 1 aromatic carbocycles. The molecule has 27 heavy (non-hydrogen) atoms. The van der Waals surface area contributed by atoms with E-state index in [-0.39, 0.29) is 11.6 Å². The third kappa shape index (κ3) is 5.32. The minimum atomic E-state index is -0.269. The largest absolute Gasteiger partial charge is 0.497 e. The summed E-state index contributed by atoms with van der Waals surface area (Å²) in [6.07, 6.45) is 6.25. The van der Waals surface area contributed by atoms with Gasteiger partial charge in [0.05, 0.1) is 19.1 Å². The van der Waals surface area contributed by atoms with E-state index in [9.17, 15) is 9.59 Å². The maximum Gasteiger partial charge on any atom is 0.315 e. The van der Waals surface area contributed by atoms with Gasteiger partial charge in [-0.3, -0.25) is 9.36 Å². The molecule has 2 amide bonds. The third-order valence-corrected chi connectivity index (χ3v) is 4.92. The molecular weight excluding hydrogens is 344 g/mol. The smallest absolute Gasteiger partial charge is 0.315 e. The molecule has 0 bridgehead atoms. The molecule has 1 aliphatic carbocycles. The highest BCUT2D eigenvalue weighted by atomic mass is 16.5. The summed E-state index contributed by atoms with van der Waals surface area (Å²) in [5, 5.41) is 5.55. The third-order valence-electron chi connectivity index (χ3n) is 4.92. The van der Waals surface area contributed by atoms with Gasteiger partial charge in [0.1, 0.15) is 5.75 Å². The Morgan fingerprint density at radius 3 is 2.63 bits per heavy atom. The van der Waals surface area contributed by atoms with Crippen molar-refractivity contribution < 1.29 is 9.53 Å². The van der Waals surface area contributed by atoms with Gasteiger partial charge in [0, 0.05) is 31.6 Å². The Bertz CT molecular complexity index is 811. The summed E-state index contributed by atoms with van der Waals surface area (Å²) in [5.74, 6) is 1.20. The predicted octanol–water partition coefficient (Wildman–Crippen LogP) is 2.41. The number of nitrogens with one attached hydrogen (secondary N) is 2. The summed E-state index contributed by atoms with van der Waals surface area (Å²) in [6, 6.07) is 8.87. The van der Waals surface area contributed by atoms with E-state index in [0.29, 0.717) is 25.6 Å². The summed E-state index contributed by atoms with van der Waals surface area (Å²) in [5.41, 5.74) is 1.82. The first-order valence-electron chi connectivity index (χ1n) is 9.37.